The zero-order valence-corrected chi connectivity index (χ0v) is 15.9. The topological polar surface area (TPSA) is 71.2 Å². The second-order valence-electron chi connectivity index (χ2n) is 7.03. The molecule has 0 spiro atoms. The van der Waals surface area contributed by atoms with Crippen molar-refractivity contribution in [1.29, 1.82) is 0 Å². The molecule has 6 heteroatoms. The number of hydrogen-bond acceptors (Lipinski definition) is 5. The van der Waals surface area contributed by atoms with E-state index in [-0.39, 0.29) is 12.1 Å². The molecule has 3 aromatic rings. The van der Waals surface area contributed by atoms with Crippen LogP contribution >= 0.6 is 11.6 Å². The van der Waals surface area contributed by atoms with Gasteiger partial charge in [-0.3, -0.25) is 5.32 Å². The fourth-order valence-electron chi connectivity index (χ4n) is 3.68. The molecule has 4 rings (SSSR count). The predicted molar refractivity (Wildman–Crippen MR) is 104 cm³/mol. The van der Waals surface area contributed by atoms with E-state index in [1.807, 2.05) is 37.3 Å². The molecule has 27 heavy (non-hydrogen) atoms. The van der Waals surface area contributed by atoms with Crippen LogP contribution in [0.3, 0.4) is 0 Å². The highest BCUT2D eigenvalue weighted by Gasteiger charge is 2.25. The Hall–Kier alpha value is -2.37. The number of hydrogen-bond donors (Lipinski definition) is 2. The third-order valence-electron chi connectivity index (χ3n) is 5.06. The molecule has 1 aromatic heterocycles. The molecule has 5 nitrogen and oxygen atoms in total. The zero-order valence-electron chi connectivity index (χ0n) is 15.2. The summed E-state index contributed by atoms with van der Waals surface area (Å²) in [5.74, 6) is 1.61. The average Bonchev–Trinajstić information content (AvgIpc) is 3.13. The van der Waals surface area contributed by atoms with Crippen LogP contribution in [0.2, 0.25) is 5.02 Å². The Bertz CT molecular complexity index is 923. The van der Waals surface area contributed by atoms with E-state index < -0.39 is 0 Å². The lowest BCUT2D eigenvalue weighted by atomic mass is 9.87. The maximum atomic E-state index is 10.1. The summed E-state index contributed by atoms with van der Waals surface area (Å²) in [6.45, 7) is 2.02. The van der Waals surface area contributed by atoms with Gasteiger partial charge in [0.2, 0.25) is 5.89 Å². The second-order valence-corrected chi connectivity index (χ2v) is 7.47. The molecule has 2 unspecified atom stereocenters. The number of phenolic OH excluding ortho intramolecular Hbond substituents is 1. The van der Waals surface area contributed by atoms with Crippen molar-refractivity contribution in [3.05, 3.63) is 75.9 Å². The number of nitrogens with zero attached hydrogens (tertiary/aromatic N) is 2. The zero-order chi connectivity index (χ0) is 18.8. The molecule has 1 aliphatic rings. The highest BCUT2D eigenvalue weighted by atomic mass is 35.5. The van der Waals surface area contributed by atoms with E-state index in [9.17, 15) is 5.11 Å². The van der Waals surface area contributed by atoms with Gasteiger partial charge in [-0.25, -0.2) is 0 Å². The van der Waals surface area contributed by atoms with E-state index >= 15 is 0 Å². The highest BCUT2D eigenvalue weighted by molar-refractivity contribution is 6.30. The molecule has 0 bridgehead atoms. The molecule has 1 heterocycles. The Kier molecular flexibility index (Phi) is 5.14. The van der Waals surface area contributed by atoms with Crippen LogP contribution in [0.15, 0.2) is 47.0 Å². The molecule has 2 atom stereocenters. The molecule has 0 radical (unpaired) electrons. The van der Waals surface area contributed by atoms with Gasteiger partial charge in [0.25, 0.3) is 0 Å². The van der Waals surface area contributed by atoms with Crippen LogP contribution in [0, 0.1) is 0 Å². The molecule has 0 aliphatic heterocycles. The van der Waals surface area contributed by atoms with Crippen LogP contribution in [0.4, 0.5) is 0 Å². The third kappa shape index (κ3) is 3.99. The van der Waals surface area contributed by atoms with Gasteiger partial charge in [-0.2, -0.15) is 4.98 Å². The van der Waals surface area contributed by atoms with Crippen molar-refractivity contribution < 1.29 is 9.63 Å². The first-order valence-electron chi connectivity index (χ1n) is 9.24. The van der Waals surface area contributed by atoms with Crippen molar-refractivity contribution in [3.8, 4) is 5.75 Å². The van der Waals surface area contributed by atoms with Crippen LogP contribution < -0.4 is 5.32 Å². The molecule has 140 valence electrons. The summed E-state index contributed by atoms with van der Waals surface area (Å²) >= 11 is 5.92. The van der Waals surface area contributed by atoms with Gasteiger partial charge >= 0.3 is 0 Å². The van der Waals surface area contributed by atoms with E-state index in [0.717, 1.165) is 36.0 Å². The molecule has 0 fully saturated rings. The van der Waals surface area contributed by atoms with Gasteiger partial charge in [0.1, 0.15) is 5.75 Å². The normalized spacial score (nSPS) is 17.5. The lowest BCUT2D eigenvalue weighted by Crippen LogP contribution is -2.28. The van der Waals surface area contributed by atoms with Gasteiger partial charge in [0.15, 0.2) is 5.82 Å². The summed E-state index contributed by atoms with van der Waals surface area (Å²) in [5.41, 5.74) is 3.29. The number of nitrogens with one attached hydrogen (secondary N) is 1. The molecule has 2 N–H and O–H groups in total. The Balaban J connectivity index is 1.45. The summed E-state index contributed by atoms with van der Waals surface area (Å²) in [5, 5.41) is 18.5. The smallest absolute Gasteiger partial charge is 0.243 e. The standard InChI is InChI=1S/C21H22ClN3O2/c1-13(23-18-6-2-5-17-16(18)4-3-7-19(17)26)21-24-20(25-27-21)12-14-8-10-15(22)11-9-14/h3-4,7-11,13,18,23,26H,2,5-6,12H2,1H3. The van der Waals surface area contributed by atoms with Gasteiger partial charge in [0.05, 0.1) is 6.04 Å². The SMILES string of the molecule is CC(NC1CCCc2c(O)cccc21)c1nc(Cc2ccc(Cl)cc2)no1. The predicted octanol–water partition coefficient (Wildman–Crippen LogP) is 4.75. The fraction of sp³-hybridized carbons (Fsp3) is 0.333. The monoisotopic (exact) mass is 383 g/mol. The minimum atomic E-state index is -0.0743. The second kappa shape index (κ2) is 7.71. The summed E-state index contributed by atoms with van der Waals surface area (Å²) < 4.78 is 5.48. The van der Waals surface area contributed by atoms with Crippen LogP contribution in [-0.4, -0.2) is 15.2 Å². The van der Waals surface area contributed by atoms with Crippen LogP contribution in [0.5, 0.6) is 5.75 Å². The van der Waals surface area contributed by atoms with E-state index in [2.05, 4.69) is 21.5 Å². The average molecular weight is 384 g/mol. The van der Waals surface area contributed by atoms with Crippen molar-refractivity contribution in [2.24, 2.45) is 0 Å². The van der Waals surface area contributed by atoms with Gasteiger partial charge in [0, 0.05) is 17.5 Å². The minimum Gasteiger partial charge on any atom is -0.508 e. The Morgan fingerprint density at radius 2 is 2.07 bits per heavy atom. The Morgan fingerprint density at radius 1 is 1.26 bits per heavy atom. The molecule has 0 amide bonds. The number of benzene rings is 2. The lowest BCUT2D eigenvalue weighted by Gasteiger charge is -2.28. The van der Waals surface area contributed by atoms with E-state index in [1.54, 1.807) is 6.07 Å². The first-order chi connectivity index (χ1) is 13.1. The summed E-state index contributed by atoms with van der Waals surface area (Å²) in [6, 6.07) is 13.5. The number of halogens is 1. The van der Waals surface area contributed by atoms with Gasteiger partial charge < -0.3 is 9.63 Å². The van der Waals surface area contributed by atoms with Crippen molar-refractivity contribution >= 4 is 11.6 Å². The van der Waals surface area contributed by atoms with Gasteiger partial charge in [-0.05, 0) is 61.1 Å². The van der Waals surface area contributed by atoms with Gasteiger partial charge in [-0.15, -0.1) is 0 Å². The molecule has 2 aromatic carbocycles. The molecular formula is C21H22ClN3O2. The Labute approximate surface area is 163 Å². The van der Waals surface area contributed by atoms with Crippen molar-refractivity contribution in [1.82, 2.24) is 15.5 Å². The maximum Gasteiger partial charge on any atom is 0.243 e. The summed E-state index contributed by atoms with van der Waals surface area (Å²) in [7, 11) is 0. The first-order valence-corrected chi connectivity index (χ1v) is 9.61. The number of fused-ring (bicyclic) bond motifs is 1. The van der Waals surface area contributed by atoms with E-state index in [1.165, 1.54) is 0 Å². The summed E-state index contributed by atoms with van der Waals surface area (Å²) in [4.78, 5) is 4.54. The summed E-state index contributed by atoms with van der Waals surface area (Å²) in [6.07, 6.45) is 3.58. The first kappa shape index (κ1) is 18.0. The molecule has 0 saturated heterocycles. The number of aromatic hydroxyl groups is 1. The molecular weight excluding hydrogens is 362 g/mol. The van der Waals surface area contributed by atoms with Crippen LogP contribution in [0.25, 0.3) is 0 Å². The number of rotatable bonds is 5. The van der Waals surface area contributed by atoms with Gasteiger partial charge in [-0.1, -0.05) is 41.0 Å². The third-order valence-corrected chi connectivity index (χ3v) is 5.32. The fourth-order valence-corrected chi connectivity index (χ4v) is 3.80. The van der Waals surface area contributed by atoms with Crippen LogP contribution in [-0.2, 0) is 12.8 Å². The van der Waals surface area contributed by atoms with Crippen molar-refractivity contribution in [2.75, 3.05) is 0 Å². The Morgan fingerprint density at radius 3 is 2.89 bits per heavy atom. The molecule has 0 saturated carbocycles. The van der Waals surface area contributed by atoms with E-state index in [0.29, 0.717) is 28.9 Å². The van der Waals surface area contributed by atoms with Crippen LogP contribution in [0.1, 0.15) is 60.3 Å². The maximum absolute atomic E-state index is 10.1. The number of aromatic nitrogens is 2. The lowest BCUT2D eigenvalue weighted by molar-refractivity contribution is 0.311. The van der Waals surface area contributed by atoms with Crippen molar-refractivity contribution in [2.45, 2.75) is 44.7 Å². The number of phenols is 1. The van der Waals surface area contributed by atoms with Crippen molar-refractivity contribution in [3.63, 3.8) is 0 Å². The highest BCUT2D eigenvalue weighted by Crippen LogP contribution is 2.35. The molecule has 1 aliphatic carbocycles. The quantitative estimate of drug-likeness (QED) is 0.665. The largest absolute Gasteiger partial charge is 0.508 e. The van der Waals surface area contributed by atoms with E-state index in [4.69, 9.17) is 16.1 Å². The minimum absolute atomic E-state index is 0.0743.